The normalized spacial score (nSPS) is 10.1. The lowest BCUT2D eigenvalue weighted by Crippen LogP contribution is -2.15. The third-order valence-corrected chi connectivity index (χ3v) is 4.29. The Balaban J connectivity index is 2.12. The van der Waals surface area contributed by atoms with E-state index in [-0.39, 0.29) is 35.4 Å². The second-order valence-electron chi connectivity index (χ2n) is 6.46. The lowest BCUT2D eigenvalue weighted by atomic mass is 10.0. The van der Waals surface area contributed by atoms with Crippen LogP contribution in [0.25, 0.3) is 0 Å². The molecule has 2 rings (SSSR count). The Labute approximate surface area is 174 Å². The highest BCUT2D eigenvalue weighted by atomic mass is 16.5. The molecule has 1 amide bonds. The summed E-state index contributed by atoms with van der Waals surface area (Å²) in [6.07, 6.45) is -0.127. The van der Waals surface area contributed by atoms with Crippen LogP contribution in [0, 0.1) is 6.92 Å². The summed E-state index contributed by atoms with van der Waals surface area (Å²) >= 11 is 0. The zero-order valence-electron chi connectivity index (χ0n) is 17.2. The molecule has 1 N–H and O–H groups in total. The van der Waals surface area contributed by atoms with Crippen LogP contribution in [-0.4, -0.2) is 45.0 Å². The highest BCUT2D eigenvalue weighted by molar-refractivity contribution is 6.03. The number of rotatable bonds is 8. The van der Waals surface area contributed by atoms with Gasteiger partial charge in [0.05, 0.1) is 38.0 Å². The number of carbonyl (C=O) groups excluding carboxylic acids is 4. The molecule has 0 saturated carbocycles. The summed E-state index contributed by atoms with van der Waals surface area (Å²) in [5.74, 6) is -1.58. The van der Waals surface area contributed by atoms with Gasteiger partial charge in [0.1, 0.15) is 5.75 Å². The highest BCUT2D eigenvalue weighted by Gasteiger charge is 2.17. The molecule has 8 heteroatoms. The number of ether oxygens (including phenoxy) is 3. The second kappa shape index (κ2) is 10.2. The van der Waals surface area contributed by atoms with Crippen molar-refractivity contribution in [2.24, 2.45) is 0 Å². The summed E-state index contributed by atoms with van der Waals surface area (Å²) in [6.45, 7) is 1.86. The summed E-state index contributed by atoms with van der Waals surface area (Å²) in [4.78, 5) is 48.5. The van der Waals surface area contributed by atoms with E-state index in [4.69, 9.17) is 4.74 Å². The van der Waals surface area contributed by atoms with Gasteiger partial charge in [-0.25, -0.2) is 9.59 Å². The molecule has 0 radical (unpaired) electrons. The second-order valence-corrected chi connectivity index (χ2v) is 6.46. The van der Waals surface area contributed by atoms with Crippen molar-refractivity contribution in [3.05, 3.63) is 58.7 Å². The summed E-state index contributed by atoms with van der Waals surface area (Å²) in [5, 5.41) is 2.59. The third-order valence-electron chi connectivity index (χ3n) is 4.29. The van der Waals surface area contributed by atoms with Gasteiger partial charge in [0.15, 0.2) is 5.78 Å². The molecule has 0 fully saturated rings. The molecule has 0 atom stereocenters. The average Bonchev–Trinajstić information content (AvgIpc) is 2.75. The minimum atomic E-state index is -0.669. The van der Waals surface area contributed by atoms with E-state index >= 15 is 0 Å². The van der Waals surface area contributed by atoms with Crippen molar-refractivity contribution < 1.29 is 33.4 Å². The van der Waals surface area contributed by atoms with E-state index in [1.165, 1.54) is 39.5 Å². The van der Waals surface area contributed by atoms with E-state index < -0.39 is 17.8 Å². The fourth-order valence-corrected chi connectivity index (χ4v) is 2.80. The molecule has 2 aromatic carbocycles. The number of hydrogen-bond acceptors (Lipinski definition) is 7. The van der Waals surface area contributed by atoms with E-state index in [2.05, 4.69) is 14.8 Å². The number of benzene rings is 2. The van der Waals surface area contributed by atoms with Crippen LogP contribution in [0.3, 0.4) is 0 Å². The van der Waals surface area contributed by atoms with Crippen molar-refractivity contribution in [3.8, 4) is 5.75 Å². The smallest absolute Gasteiger partial charge is 0.337 e. The van der Waals surface area contributed by atoms with Crippen LogP contribution < -0.4 is 10.1 Å². The molecule has 158 valence electrons. The number of ketones is 1. The number of nitrogens with one attached hydrogen (secondary N) is 1. The maximum absolute atomic E-state index is 12.5. The minimum Gasteiger partial charge on any atom is -0.496 e. The van der Waals surface area contributed by atoms with Crippen LogP contribution in [0.15, 0.2) is 36.4 Å². The van der Waals surface area contributed by atoms with E-state index in [0.717, 1.165) is 5.56 Å². The van der Waals surface area contributed by atoms with Crippen LogP contribution in [0.2, 0.25) is 0 Å². The van der Waals surface area contributed by atoms with E-state index in [1.807, 2.05) is 13.0 Å². The average molecular weight is 413 g/mol. The summed E-state index contributed by atoms with van der Waals surface area (Å²) < 4.78 is 14.5. The monoisotopic (exact) mass is 413 g/mol. The molecule has 0 aliphatic rings. The van der Waals surface area contributed by atoms with Gasteiger partial charge in [-0.3, -0.25) is 9.59 Å². The molecule has 0 aliphatic heterocycles. The molecule has 0 bridgehead atoms. The number of anilines is 1. The van der Waals surface area contributed by atoms with Gasteiger partial charge in [-0.15, -0.1) is 0 Å². The maximum Gasteiger partial charge on any atom is 0.337 e. The summed E-state index contributed by atoms with van der Waals surface area (Å²) in [6, 6.07) is 9.30. The van der Waals surface area contributed by atoms with Crippen molar-refractivity contribution in [1.82, 2.24) is 0 Å². The highest BCUT2D eigenvalue weighted by Crippen LogP contribution is 2.22. The third kappa shape index (κ3) is 5.66. The van der Waals surface area contributed by atoms with Gasteiger partial charge in [-0.05, 0) is 37.3 Å². The number of Topliss-reactive ketones (excluding diaryl/α,β-unsaturated/α-hetero) is 1. The number of carbonyl (C=O) groups is 4. The molecule has 2 aromatic rings. The number of esters is 2. The van der Waals surface area contributed by atoms with Gasteiger partial charge in [-0.2, -0.15) is 0 Å². The van der Waals surface area contributed by atoms with Gasteiger partial charge < -0.3 is 19.5 Å². The SMILES string of the molecule is COC(=O)c1cc(NC(=O)CCC(=O)c2cc(C)ccc2OC)cc(C(=O)OC)c1. The van der Waals surface area contributed by atoms with Crippen LogP contribution in [0.4, 0.5) is 5.69 Å². The first-order valence-electron chi connectivity index (χ1n) is 9.08. The number of hydrogen-bond donors (Lipinski definition) is 1. The fraction of sp³-hybridized carbons (Fsp3) is 0.273. The Bertz CT molecular complexity index is 947. The molecule has 0 heterocycles. The van der Waals surface area contributed by atoms with E-state index in [9.17, 15) is 19.2 Å². The quantitative estimate of drug-likeness (QED) is 0.523. The van der Waals surface area contributed by atoms with Gasteiger partial charge in [0.25, 0.3) is 0 Å². The standard InChI is InChI=1S/C22H23NO7/c1-13-5-7-19(28-2)17(9-13)18(24)6-8-20(25)23-16-11-14(21(26)29-3)10-15(12-16)22(27)30-4/h5,7,9-12H,6,8H2,1-4H3,(H,23,25). The number of methoxy groups -OCH3 is 3. The number of aryl methyl sites for hydroxylation is 1. The Kier molecular flexibility index (Phi) is 7.69. The van der Waals surface area contributed by atoms with E-state index in [0.29, 0.717) is 11.3 Å². The van der Waals surface area contributed by atoms with Crippen molar-refractivity contribution >= 4 is 29.3 Å². The minimum absolute atomic E-state index is 0.0355. The van der Waals surface area contributed by atoms with Crippen LogP contribution in [0.5, 0.6) is 5.75 Å². The Morgan fingerprint density at radius 3 is 1.97 bits per heavy atom. The van der Waals surface area contributed by atoms with E-state index in [1.54, 1.807) is 12.1 Å². The number of amides is 1. The predicted molar refractivity (Wildman–Crippen MR) is 109 cm³/mol. The fourth-order valence-electron chi connectivity index (χ4n) is 2.80. The Morgan fingerprint density at radius 1 is 0.833 bits per heavy atom. The maximum atomic E-state index is 12.5. The van der Waals surface area contributed by atoms with Crippen LogP contribution in [-0.2, 0) is 14.3 Å². The van der Waals surface area contributed by atoms with Crippen molar-refractivity contribution in [1.29, 1.82) is 0 Å². The largest absolute Gasteiger partial charge is 0.496 e. The molecule has 0 unspecified atom stereocenters. The predicted octanol–water partition coefficient (Wildman–Crippen LogP) is 3.18. The zero-order chi connectivity index (χ0) is 22.3. The molecule has 0 spiro atoms. The van der Waals surface area contributed by atoms with Crippen molar-refractivity contribution in [3.63, 3.8) is 0 Å². The van der Waals surface area contributed by atoms with Crippen LogP contribution in [0.1, 0.15) is 49.5 Å². The Hall–Kier alpha value is -3.68. The summed E-state index contributed by atoms with van der Waals surface area (Å²) in [7, 11) is 3.88. The van der Waals surface area contributed by atoms with Gasteiger partial charge >= 0.3 is 11.9 Å². The van der Waals surface area contributed by atoms with Gasteiger partial charge in [-0.1, -0.05) is 11.6 Å². The first-order valence-corrected chi connectivity index (χ1v) is 9.08. The molecule has 8 nitrogen and oxygen atoms in total. The van der Waals surface area contributed by atoms with Gasteiger partial charge in [0.2, 0.25) is 5.91 Å². The lowest BCUT2D eigenvalue weighted by molar-refractivity contribution is -0.116. The first kappa shape index (κ1) is 22.6. The molecular formula is C22H23NO7. The molecule has 0 saturated heterocycles. The summed E-state index contributed by atoms with van der Waals surface area (Å²) in [5.41, 5.74) is 1.68. The Morgan fingerprint density at radius 2 is 1.43 bits per heavy atom. The molecule has 0 aromatic heterocycles. The molecule has 30 heavy (non-hydrogen) atoms. The lowest BCUT2D eigenvalue weighted by Gasteiger charge is -2.10. The molecular weight excluding hydrogens is 390 g/mol. The first-order chi connectivity index (χ1) is 14.3. The topological polar surface area (TPSA) is 108 Å². The van der Waals surface area contributed by atoms with Crippen LogP contribution >= 0.6 is 0 Å². The van der Waals surface area contributed by atoms with Gasteiger partial charge in [0, 0.05) is 18.5 Å². The zero-order valence-corrected chi connectivity index (χ0v) is 17.2. The van der Waals surface area contributed by atoms with Crippen molar-refractivity contribution in [2.75, 3.05) is 26.6 Å². The molecule has 0 aliphatic carbocycles. The van der Waals surface area contributed by atoms with Crippen molar-refractivity contribution in [2.45, 2.75) is 19.8 Å².